The van der Waals surface area contributed by atoms with E-state index in [1.165, 1.54) is 5.56 Å². The lowest BCUT2D eigenvalue weighted by atomic mass is 10.1. The maximum Gasteiger partial charge on any atom is 0.251 e. The molecule has 0 aliphatic carbocycles. The molecule has 0 unspecified atom stereocenters. The van der Waals surface area contributed by atoms with Crippen molar-refractivity contribution in [2.24, 2.45) is 0 Å². The van der Waals surface area contributed by atoms with Gasteiger partial charge in [0, 0.05) is 18.7 Å². The topological polar surface area (TPSA) is 69.8 Å². The van der Waals surface area contributed by atoms with Gasteiger partial charge in [0.1, 0.15) is 0 Å². The molecule has 5 nitrogen and oxygen atoms in total. The lowest BCUT2D eigenvalue weighted by Gasteiger charge is -2.05. The molecule has 0 saturated carbocycles. The van der Waals surface area contributed by atoms with E-state index in [1.807, 2.05) is 36.4 Å². The van der Waals surface area contributed by atoms with E-state index in [0.717, 1.165) is 49.2 Å². The number of aromatic nitrogens is 2. The quantitative estimate of drug-likeness (QED) is 0.508. The number of amides is 1. The van der Waals surface area contributed by atoms with Crippen LogP contribution in [0.25, 0.3) is 11.0 Å². The number of hydrogen-bond donors (Lipinski definition) is 3. The third kappa shape index (κ3) is 4.85. The van der Waals surface area contributed by atoms with E-state index in [1.54, 1.807) is 0 Å². The van der Waals surface area contributed by atoms with E-state index in [0.29, 0.717) is 12.1 Å². The van der Waals surface area contributed by atoms with Gasteiger partial charge in [-0.3, -0.25) is 4.79 Å². The SMILES string of the molecule is CCCCNc1nc2ccc(C(=O)NCCCc3ccccc3)cc2[nH]1. The molecular formula is C21H26N4O. The summed E-state index contributed by atoms with van der Waals surface area (Å²) in [6, 6.07) is 15.9. The number of aryl methyl sites for hydroxylation is 1. The Kier molecular flexibility index (Phi) is 6.25. The summed E-state index contributed by atoms with van der Waals surface area (Å²) < 4.78 is 0. The minimum absolute atomic E-state index is 0.0462. The first-order chi connectivity index (χ1) is 12.8. The van der Waals surface area contributed by atoms with Crippen molar-refractivity contribution in [3.8, 4) is 0 Å². The van der Waals surface area contributed by atoms with Crippen LogP contribution in [0.4, 0.5) is 5.95 Å². The van der Waals surface area contributed by atoms with Gasteiger partial charge in [-0.2, -0.15) is 0 Å². The minimum atomic E-state index is -0.0462. The molecule has 0 aliphatic rings. The Morgan fingerprint density at radius 3 is 2.73 bits per heavy atom. The summed E-state index contributed by atoms with van der Waals surface area (Å²) in [5, 5.41) is 6.27. The van der Waals surface area contributed by atoms with E-state index < -0.39 is 0 Å². The molecule has 0 aliphatic heterocycles. The van der Waals surface area contributed by atoms with Crippen LogP contribution in [0.3, 0.4) is 0 Å². The first kappa shape index (κ1) is 18.0. The van der Waals surface area contributed by atoms with Crippen LogP contribution in [-0.4, -0.2) is 29.0 Å². The number of rotatable bonds is 9. The molecule has 1 heterocycles. The first-order valence-electron chi connectivity index (χ1n) is 9.32. The third-order valence-electron chi connectivity index (χ3n) is 4.34. The number of carbonyl (C=O) groups excluding carboxylic acids is 1. The first-order valence-corrected chi connectivity index (χ1v) is 9.32. The number of nitrogens with zero attached hydrogens (tertiary/aromatic N) is 1. The molecule has 136 valence electrons. The second-order valence-electron chi connectivity index (χ2n) is 6.44. The highest BCUT2D eigenvalue weighted by atomic mass is 16.1. The average molecular weight is 350 g/mol. The van der Waals surface area contributed by atoms with Gasteiger partial charge in [-0.05, 0) is 43.0 Å². The monoisotopic (exact) mass is 350 g/mol. The Balaban J connectivity index is 1.52. The number of benzene rings is 2. The van der Waals surface area contributed by atoms with Crippen molar-refractivity contribution in [3.05, 3.63) is 59.7 Å². The van der Waals surface area contributed by atoms with Crippen molar-refractivity contribution in [1.29, 1.82) is 0 Å². The normalized spacial score (nSPS) is 10.8. The number of hydrogen-bond acceptors (Lipinski definition) is 3. The van der Waals surface area contributed by atoms with Crippen LogP contribution in [0.15, 0.2) is 48.5 Å². The summed E-state index contributed by atoms with van der Waals surface area (Å²) in [5.41, 5.74) is 3.69. The van der Waals surface area contributed by atoms with Crippen LogP contribution in [0.1, 0.15) is 42.1 Å². The second-order valence-corrected chi connectivity index (χ2v) is 6.44. The number of fused-ring (bicyclic) bond motifs is 1. The van der Waals surface area contributed by atoms with Crippen LogP contribution >= 0.6 is 0 Å². The number of carbonyl (C=O) groups is 1. The van der Waals surface area contributed by atoms with Gasteiger partial charge < -0.3 is 15.6 Å². The standard InChI is InChI=1S/C21H26N4O/c1-2-3-13-23-21-24-18-12-11-17(15-19(18)25-21)20(26)22-14-7-10-16-8-5-4-6-9-16/h4-6,8-9,11-12,15H,2-3,7,10,13-14H2,1H3,(H,22,26)(H2,23,24,25). The molecular weight excluding hydrogens is 324 g/mol. The number of aromatic amines is 1. The lowest BCUT2D eigenvalue weighted by Crippen LogP contribution is -2.24. The van der Waals surface area contributed by atoms with Crippen LogP contribution in [-0.2, 0) is 6.42 Å². The van der Waals surface area contributed by atoms with Crippen LogP contribution in [0, 0.1) is 0 Å². The Morgan fingerprint density at radius 1 is 1.08 bits per heavy atom. The van der Waals surface area contributed by atoms with Crippen molar-refractivity contribution in [2.45, 2.75) is 32.6 Å². The molecule has 0 spiro atoms. The van der Waals surface area contributed by atoms with E-state index in [4.69, 9.17) is 0 Å². The molecule has 26 heavy (non-hydrogen) atoms. The predicted molar refractivity (Wildman–Crippen MR) is 107 cm³/mol. The molecule has 0 bridgehead atoms. The second kappa shape index (κ2) is 9.04. The molecule has 1 amide bonds. The zero-order valence-corrected chi connectivity index (χ0v) is 15.2. The van der Waals surface area contributed by atoms with Crippen LogP contribution in [0.5, 0.6) is 0 Å². The fourth-order valence-corrected chi connectivity index (χ4v) is 2.86. The molecule has 3 N–H and O–H groups in total. The molecule has 0 fully saturated rings. The average Bonchev–Trinajstić information content (AvgIpc) is 3.08. The van der Waals surface area contributed by atoms with E-state index >= 15 is 0 Å². The van der Waals surface area contributed by atoms with Crippen LogP contribution in [0.2, 0.25) is 0 Å². The smallest absolute Gasteiger partial charge is 0.251 e. The molecule has 3 aromatic rings. The number of imidazole rings is 1. The molecule has 0 radical (unpaired) electrons. The largest absolute Gasteiger partial charge is 0.356 e. The van der Waals surface area contributed by atoms with Gasteiger partial charge in [0.25, 0.3) is 5.91 Å². The van der Waals surface area contributed by atoms with Gasteiger partial charge in [0.15, 0.2) is 0 Å². The van der Waals surface area contributed by atoms with Gasteiger partial charge in [-0.25, -0.2) is 4.98 Å². The highest BCUT2D eigenvalue weighted by Crippen LogP contribution is 2.16. The highest BCUT2D eigenvalue weighted by molar-refractivity contribution is 5.97. The van der Waals surface area contributed by atoms with Gasteiger partial charge >= 0.3 is 0 Å². The molecule has 0 atom stereocenters. The van der Waals surface area contributed by atoms with Gasteiger partial charge in [0.2, 0.25) is 5.95 Å². The summed E-state index contributed by atoms with van der Waals surface area (Å²) >= 11 is 0. The predicted octanol–water partition coefficient (Wildman–Crippen LogP) is 4.14. The van der Waals surface area contributed by atoms with Gasteiger partial charge in [-0.15, -0.1) is 0 Å². The maximum absolute atomic E-state index is 12.4. The third-order valence-corrected chi connectivity index (χ3v) is 4.34. The molecule has 5 heteroatoms. The van der Waals surface area contributed by atoms with Crippen LogP contribution < -0.4 is 10.6 Å². The molecule has 3 rings (SSSR count). The summed E-state index contributed by atoms with van der Waals surface area (Å²) in [4.78, 5) is 20.1. The Bertz CT molecular complexity index is 842. The van der Waals surface area contributed by atoms with Crippen molar-refractivity contribution >= 4 is 22.9 Å². The van der Waals surface area contributed by atoms with E-state index in [-0.39, 0.29) is 5.91 Å². The Labute approximate surface area is 154 Å². The number of anilines is 1. The fourth-order valence-electron chi connectivity index (χ4n) is 2.86. The van der Waals surface area contributed by atoms with Crippen molar-refractivity contribution < 1.29 is 4.79 Å². The van der Waals surface area contributed by atoms with E-state index in [9.17, 15) is 4.79 Å². The fraction of sp³-hybridized carbons (Fsp3) is 0.333. The van der Waals surface area contributed by atoms with Crippen molar-refractivity contribution in [3.63, 3.8) is 0 Å². The highest BCUT2D eigenvalue weighted by Gasteiger charge is 2.08. The summed E-state index contributed by atoms with van der Waals surface area (Å²) in [7, 11) is 0. The lowest BCUT2D eigenvalue weighted by molar-refractivity contribution is 0.0953. The van der Waals surface area contributed by atoms with Crippen molar-refractivity contribution in [2.75, 3.05) is 18.4 Å². The Hall–Kier alpha value is -2.82. The van der Waals surface area contributed by atoms with E-state index in [2.05, 4.69) is 39.7 Å². The minimum Gasteiger partial charge on any atom is -0.356 e. The van der Waals surface area contributed by atoms with Gasteiger partial charge in [-0.1, -0.05) is 43.7 Å². The molecule has 0 saturated heterocycles. The summed E-state index contributed by atoms with van der Waals surface area (Å²) in [5.74, 6) is 0.712. The zero-order chi connectivity index (χ0) is 18.2. The van der Waals surface area contributed by atoms with Crippen molar-refractivity contribution in [1.82, 2.24) is 15.3 Å². The summed E-state index contributed by atoms with van der Waals surface area (Å²) in [6.07, 6.45) is 4.14. The Morgan fingerprint density at radius 2 is 1.92 bits per heavy atom. The number of nitrogens with one attached hydrogen (secondary N) is 3. The summed E-state index contributed by atoms with van der Waals surface area (Å²) in [6.45, 7) is 3.72. The molecule has 2 aromatic carbocycles. The molecule has 1 aromatic heterocycles. The maximum atomic E-state index is 12.4. The number of unbranched alkanes of at least 4 members (excludes halogenated alkanes) is 1. The number of H-pyrrole nitrogens is 1. The van der Waals surface area contributed by atoms with Gasteiger partial charge in [0.05, 0.1) is 11.0 Å². The zero-order valence-electron chi connectivity index (χ0n) is 15.2.